The first-order valence-corrected chi connectivity index (χ1v) is 7.89. The average molecular weight is 271 g/mol. The van der Waals surface area contributed by atoms with Crippen LogP contribution in [0, 0.1) is 0 Å². The molecule has 4 heteroatoms. The van der Waals surface area contributed by atoms with E-state index in [-0.39, 0.29) is 10.8 Å². The van der Waals surface area contributed by atoms with Crippen molar-refractivity contribution < 1.29 is 4.21 Å². The average Bonchev–Trinajstić information content (AvgIpc) is 2.26. The van der Waals surface area contributed by atoms with E-state index < -0.39 is 11.0 Å². The number of hydrogen-bond donors (Lipinski definition) is 1. The van der Waals surface area contributed by atoms with Gasteiger partial charge in [0.2, 0.25) is 0 Å². The van der Waals surface area contributed by atoms with Crippen molar-refractivity contribution in [2.24, 2.45) is 0 Å². The predicted molar refractivity (Wildman–Crippen MR) is 77.7 cm³/mol. The smallest absolute Gasteiger partial charge is 0.0972 e. The molecule has 0 fully saturated rings. The Balaban J connectivity index is 2.36. The second-order valence-electron chi connectivity index (χ2n) is 5.02. The number of thioether (sulfide) groups is 1. The van der Waals surface area contributed by atoms with Crippen LogP contribution >= 0.6 is 11.8 Å². The topological polar surface area (TPSA) is 29.1 Å². The fourth-order valence-electron chi connectivity index (χ4n) is 1.13. The molecule has 0 aliphatic heterocycles. The molecule has 1 N–H and O–H groups in total. The van der Waals surface area contributed by atoms with E-state index in [0.717, 1.165) is 5.75 Å². The SMILES string of the molecule is C[C@H](CSc1ccccc1)N[S@](=O)C(C)(C)C. The van der Waals surface area contributed by atoms with Crippen LogP contribution in [0.2, 0.25) is 0 Å². The van der Waals surface area contributed by atoms with Gasteiger partial charge < -0.3 is 0 Å². The Kier molecular flexibility index (Phi) is 5.70. The van der Waals surface area contributed by atoms with E-state index in [1.165, 1.54) is 4.90 Å². The largest absolute Gasteiger partial charge is 0.242 e. The molecule has 0 radical (unpaired) electrons. The summed E-state index contributed by atoms with van der Waals surface area (Å²) in [5.41, 5.74) is 0. The maximum Gasteiger partial charge on any atom is 0.0972 e. The summed E-state index contributed by atoms with van der Waals surface area (Å²) < 4.78 is 14.8. The lowest BCUT2D eigenvalue weighted by atomic mass is 10.3. The second kappa shape index (κ2) is 6.57. The quantitative estimate of drug-likeness (QED) is 0.833. The van der Waals surface area contributed by atoms with Gasteiger partial charge in [0.25, 0.3) is 0 Å². The summed E-state index contributed by atoms with van der Waals surface area (Å²) in [6.07, 6.45) is 0. The van der Waals surface area contributed by atoms with E-state index in [4.69, 9.17) is 0 Å². The number of benzene rings is 1. The fraction of sp³-hybridized carbons (Fsp3) is 0.538. The molecule has 0 aliphatic rings. The van der Waals surface area contributed by atoms with Crippen molar-refractivity contribution in [2.75, 3.05) is 5.75 Å². The minimum absolute atomic E-state index is 0.203. The molecule has 0 aromatic heterocycles. The molecule has 0 heterocycles. The number of nitrogens with one attached hydrogen (secondary N) is 1. The molecule has 0 bridgehead atoms. The summed E-state index contributed by atoms with van der Waals surface area (Å²) in [5, 5.41) is 0. The first kappa shape index (κ1) is 14.7. The molecule has 1 aromatic rings. The van der Waals surface area contributed by atoms with Crippen LogP contribution in [0.25, 0.3) is 0 Å². The van der Waals surface area contributed by atoms with Crippen molar-refractivity contribution in [3.8, 4) is 0 Å². The van der Waals surface area contributed by atoms with Crippen LogP contribution in [0.5, 0.6) is 0 Å². The molecule has 1 rings (SSSR count). The van der Waals surface area contributed by atoms with E-state index in [0.29, 0.717) is 0 Å². The minimum atomic E-state index is -0.989. The Hall–Kier alpha value is -0.320. The van der Waals surface area contributed by atoms with Crippen LogP contribution in [0.1, 0.15) is 27.7 Å². The third-order valence-corrected chi connectivity index (χ3v) is 5.11. The van der Waals surface area contributed by atoms with Gasteiger partial charge in [0.15, 0.2) is 0 Å². The van der Waals surface area contributed by atoms with Gasteiger partial charge in [-0.1, -0.05) is 18.2 Å². The Labute approximate surface area is 111 Å². The molecule has 2 atom stereocenters. The van der Waals surface area contributed by atoms with Crippen molar-refractivity contribution in [1.29, 1.82) is 0 Å². The first-order valence-electron chi connectivity index (χ1n) is 5.75. The third-order valence-electron chi connectivity index (χ3n) is 2.11. The lowest BCUT2D eigenvalue weighted by molar-refractivity contribution is 0.621. The normalized spacial score (nSPS) is 15.5. The molecule has 2 nitrogen and oxygen atoms in total. The summed E-state index contributed by atoms with van der Waals surface area (Å²) in [6.45, 7) is 8.01. The summed E-state index contributed by atoms with van der Waals surface area (Å²) >= 11 is 1.78. The van der Waals surface area contributed by atoms with Crippen molar-refractivity contribution in [3.63, 3.8) is 0 Å². The van der Waals surface area contributed by atoms with Gasteiger partial charge in [0.1, 0.15) is 0 Å². The zero-order valence-electron chi connectivity index (χ0n) is 10.9. The van der Waals surface area contributed by atoms with Crippen LogP contribution < -0.4 is 4.72 Å². The van der Waals surface area contributed by atoms with Crippen LogP contribution in [-0.2, 0) is 11.0 Å². The lowest BCUT2D eigenvalue weighted by Crippen LogP contribution is -2.39. The van der Waals surface area contributed by atoms with Gasteiger partial charge in [-0.2, -0.15) is 0 Å². The predicted octanol–water partition coefficient (Wildman–Crippen LogP) is 3.22. The summed E-state index contributed by atoms with van der Waals surface area (Å²) in [5.74, 6) is 0.922. The summed E-state index contributed by atoms with van der Waals surface area (Å²) in [6, 6.07) is 10.5. The van der Waals surface area contributed by atoms with Crippen LogP contribution in [-0.4, -0.2) is 20.8 Å². The Morgan fingerprint density at radius 2 is 1.88 bits per heavy atom. The van der Waals surface area contributed by atoms with Crippen molar-refractivity contribution in [3.05, 3.63) is 30.3 Å². The molecule has 17 heavy (non-hydrogen) atoms. The van der Waals surface area contributed by atoms with Gasteiger partial charge in [-0.05, 0) is 39.8 Å². The summed E-state index contributed by atoms with van der Waals surface area (Å²) in [4.78, 5) is 1.25. The van der Waals surface area contributed by atoms with Crippen molar-refractivity contribution >= 4 is 22.7 Å². The van der Waals surface area contributed by atoms with Crippen molar-refractivity contribution in [1.82, 2.24) is 4.72 Å². The third kappa shape index (κ3) is 5.70. The van der Waals surface area contributed by atoms with Gasteiger partial charge >= 0.3 is 0 Å². The van der Waals surface area contributed by atoms with E-state index in [2.05, 4.69) is 23.8 Å². The van der Waals surface area contributed by atoms with Crippen LogP contribution in [0.4, 0.5) is 0 Å². The molecule has 96 valence electrons. The second-order valence-corrected chi connectivity index (χ2v) is 8.12. The molecule has 0 amide bonds. The maximum atomic E-state index is 11.9. The molecule has 0 aliphatic carbocycles. The highest BCUT2D eigenvalue weighted by molar-refractivity contribution is 7.99. The van der Waals surface area contributed by atoms with Crippen molar-refractivity contribution in [2.45, 2.75) is 43.4 Å². The standard InChI is InChI=1S/C13H21NOS2/c1-11(14-17(15)13(2,3)4)10-16-12-8-6-5-7-9-12/h5-9,11,14H,10H2,1-4H3/t11-,17-/m1/s1. The van der Waals surface area contributed by atoms with Gasteiger partial charge in [0.05, 0.1) is 15.7 Å². The summed E-state index contributed by atoms with van der Waals surface area (Å²) in [7, 11) is -0.989. The Bertz CT molecular complexity index is 359. The van der Waals surface area contributed by atoms with Gasteiger partial charge in [-0.25, -0.2) is 8.93 Å². The molecule has 0 saturated heterocycles. The first-order chi connectivity index (χ1) is 7.89. The van der Waals surface area contributed by atoms with E-state index in [1.54, 1.807) is 11.8 Å². The zero-order chi connectivity index (χ0) is 12.9. The Morgan fingerprint density at radius 3 is 2.41 bits per heavy atom. The maximum absolute atomic E-state index is 11.9. The molecule has 0 saturated carbocycles. The lowest BCUT2D eigenvalue weighted by Gasteiger charge is -2.21. The zero-order valence-corrected chi connectivity index (χ0v) is 12.5. The highest BCUT2D eigenvalue weighted by atomic mass is 32.2. The highest BCUT2D eigenvalue weighted by Crippen LogP contribution is 2.18. The van der Waals surface area contributed by atoms with Gasteiger partial charge in [-0.15, -0.1) is 11.8 Å². The monoisotopic (exact) mass is 271 g/mol. The number of rotatable bonds is 5. The van der Waals surface area contributed by atoms with E-state index in [9.17, 15) is 4.21 Å². The Morgan fingerprint density at radius 1 is 1.29 bits per heavy atom. The molecular weight excluding hydrogens is 250 g/mol. The fourth-order valence-corrected chi connectivity index (χ4v) is 2.91. The van der Waals surface area contributed by atoms with Crippen LogP contribution in [0.15, 0.2) is 35.2 Å². The molecular formula is C13H21NOS2. The van der Waals surface area contributed by atoms with Crippen LogP contribution in [0.3, 0.4) is 0 Å². The van der Waals surface area contributed by atoms with E-state index in [1.807, 2.05) is 39.0 Å². The number of hydrogen-bond acceptors (Lipinski definition) is 2. The van der Waals surface area contributed by atoms with Gasteiger partial charge in [-0.3, -0.25) is 0 Å². The minimum Gasteiger partial charge on any atom is -0.242 e. The molecule has 1 aromatic carbocycles. The van der Waals surface area contributed by atoms with Gasteiger partial charge in [0, 0.05) is 16.7 Å². The molecule has 0 spiro atoms. The highest BCUT2D eigenvalue weighted by Gasteiger charge is 2.20. The molecule has 0 unspecified atom stereocenters. The van der Waals surface area contributed by atoms with E-state index >= 15 is 0 Å².